The normalized spacial score (nSPS) is 12.1. The molecule has 1 N–H and O–H groups in total. The van der Waals surface area contributed by atoms with Gasteiger partial charge in [-0.3, -0.25) is 0 Å². The molecule has 0 radical (unpaired) electrons. The molecule has 0 saturated carbocycles. The molecule has 5 heteroatoms. The van der Waals surface area contributed by atoms with E-state index in [9.17, 15) is 5.11 Å². The Balaban J connectivity index is 1.67. The standard InChI is InChI=1S/C18H18N2O3/c1-12-6-8-14(9-7-12)17(21)11-22-16-5-3-4-15(10-16)18-19-13(2)23-20-18/h3-10,17,21H,11H2,1-2H3. The number of aryl methyl sites for hydroxylation is 2. The second kappa shape index (κ2) is 6.62. The van der Waals surface area contributed by atoms with Crippen molar-refractivity contribution >= 4 is 0 Å². The molecule has 0 aliphatic rings. The van der Waals surface area contributed by atoms with E-state index in [0.717, 1.165) is 16.7 Å². The molecule has 3 aromatic rings. The summed E-state index contributed by atoms with van der Waals surface area (Å²) in [5.41, 5.74) is 2.80. The second-order valence-electron chi connectivity index (χ2n) is 5.40. The van der Waals surface area contributed by atoms with Gasteiger partial charge < -0.3 is 14.4 Å². The highest BCUT2D eigenvalue weighted by Gasteiger charge is 2.10. The van der Waals surface area contributed by atoms with Gasteiger partial charge in [-0.25, -0.2) is 0 Å². The van der Waals surface area contributed by atoms with Gasteiger partial charge in [0.25, 0.3) is 0 Å². The molecular formula is C18H18N2O3. The molecule has 0 aliphatic heterocycles. The minimum absolute atomic E-state index is 0.178. The number of aliphatic hydroxyl groups excluding tert-OH is 1. The molecule has 118 valence electrons. The molecule has 0 bridgehead atoms. The minimum atomic E-state index is -0.674. The number of hydrogen-bond donors (Lipinski definition) is 1. The van der Waals surface area contributed by atoms with Crippen LogP contribution in [0.4, 0.5) is 0 Å². The van der Waals surface area contributed by atoms with E-state index >= 15 is 0 Å². The van der Waals surface area contributed by atoms with Crippen LogP contribution in [0.2, 0.25) is 0 Å². The molecule has 0 spiro atoms. The zero-order valence-electron chi connectivity index (χ0n) is 13.1. The Kier molecular flexibility index (Phi) is 4.39. The van der Waals surface area contributed by atoms with Crippen LogP contribution in [0.25, 0.3) is 11.4 Å². The number of aromatic nitrogens is 2. The van der Waals surface area contributed by atoms with E-state index in [1.165, 1.54) is 0 Å². The fraction of sp³-hybridized carbons (Fsp3) is 0.222. The lowest BCUT2D eigenvalue weighted by Gasteiger charge is -2.13. The first-order valence-corrected chi connectivity index (χ1v) is 7.40. The van der Waals surface area contributed by atoms with Crippen molar-refractivity contribution in [1.29, 1.82) is 0 Å². The molecule has 5 nitrogen and oxygen atoms in total. The number of benzene rings is 2. The van der Waals surface area contributed by atoms with Crippen LogP contribution >= 0.6 is 0 Å². The van der Waals surface area contributed by atoms with Crippen molar-refractivity contribution < 1.29 is 14.4 Å². The van der Waals surface area contributed by atoms with Crippen molar-refractivity contribution in [3.8, 4) is 17.1 Å². The van der Waals surface area contributed by atoms with Gasteiger partial charge in [-0.1, -0.05) is 47.1 Å². The predicted molar refractivity (Wildman–Crippen MR) is 86.1 cm³/mol. The third-order valence-corrected chi connectivity index (χ3v) is 3.49. The molecule has 1 atom stereocenters. The third kappa shape index (κ3) is 3.76. The molecule has 2 aromatic carbocycles. The van der Waals surface area contributed by atoms with Crippen LogP contribution in [0.5, 0.6) is 5.75 Å². The Labute approximate surface area is 134 Å². The second-order valence-corrected chi connectivity index (χ2v) is 5.40. The molecule has 1 unspecified atom stereocenters. The van der Waals surface area contributed by atoms with E-state index in [0.29, 0.717) is 17.5 Å². The average Bonchev–Trinajstić information content (AvgIpc) is 3.00. The summed E-state index contributed by atoms with van der Waals surface area (Å²) in [6.45, 7) is 3.93. The van der Waals surface area contributed by atoms with Gasteiger partial charge in [0.15, 0.2) is 0 Å². The van der Waals surface area contributed by atoms with Crippen LogP contribution in [-0.2, 0) is 0 Å². The van der Waals surface area contributed by atoms with Crippen LogP contribution in [0.15, 0.2) is 53.1 Å². The van der Waals surface area contributed by atoms with Crippen molar-refractivity contribution in [1.82, 2.24) is 10.1 Å². The van der Waals surface area contributed by atoms with Crippen molar-refractivity contribution in [3.63, 3.8) is 0 Å². The number of aliphatic hydroxyl groups is 1. The smallest absolute Gasteiger partial charge is 0.223 e. The van der Waals surface area contributed by atoms with Crippen molar-refractivity contribution in [2.24, 2.45) is 0 Å². The van der Waals surface area contributed by atoms with Gasteiger partial charge in [0.1, 0.15) is 18.5 Å². The van der Waals surface area contributed by atoms with Crippen LogP contribution < -0.4 is 4.74 Å². The van der Waals surface area contributed by atoms with E-state index in [2.05, 4.69) is 10.1 Å². The molecule has 23 heavy (non-hydrogen) atoms. The molecule has 0 aliphatic carbocycles. The van der Waals surface area contributed by atoms with Crippen molar-refractivity contribution in [3.05, 3.63) is 65.5 Å². The molecule has 1 heterocycles. The number of rotatable bonds is 5. The maximum atomic E-state index is 10.2. The fourth-order valence-electron chi connectivity index (χ4n) is 2.20. The quantitative estimate of drug-likeness (QED) is 0.781. The summed E-state index contributed by atoms with van der Waals surface area (Å²) in [5.74, 6) is 1.68. The zero-order valence-corrected chi connectivity index (χ0v) is 13.1. The SMILES string of the molecule is Cc1ccc(C(O)COc2cccc(-c3noc(C)n3)c2)cc1. The van der Waals surface area contributed by atoms with Crippen molar-refractivity contribution in [2.75, 3.05) is 6.61 Å². The Morgan fingerprint density at radius 2 is 1.91 bits per heavy atom. The van der Waals surface area contributed by atoms with E-state index in [1.807, 2.05) is 55.5 Å². The summed E-state index contributed by atoms with van der Waals surface area (Å²) >= 11 is 0. The first-order valence-electron chi connectivity index (χ1n) is 7.40. The lowest BCUT2D eigenvalue weighted by Crippen LogP contribution is -2.09. The molecule has 1 aromatic heterocycles. The summed E-state index contributed by atoms with van der Waals surface area (Å²) in [6, 6.07) is 15.1. The largest absolute Gasteiger partial charge is 0.491 e. The van der Waals surface area contributed by atoms with E-state index < -0.39 is 6.10 Å². The lowest BCUT2D eigenvalue weighted by molar-refractivity contribution is 0.108. The van der Waals surface area contributed by atoms with Crippen molar-refractivity contribution in [2.45, 2.75) is 20.0 Å². The Morgan fingerprint density at radius 3 is 2.61 bits per heavy atom. The van der Waals surface area contributed by atoms with E-state index in [4.69, 9.17) is 9.26 Å². The lowest BCUT2D eigenvalue weighted by atomic mass is 10.1. The fourth-order valence-corrected chi connectivity index (χ4v) is 2.20. The predicted octanol–water partition coefficient (Wildman–Crippen LogP) is 3.47. The summed E-state index contributed by atoms with van der Waals surface area (Å²) in [6.07, 6.45) is -0.674. The highest BCUT2D eigenvalue weighted by Crippen LogP contribution is 2.23. The maximum Gasteiger partial charge on any atom is 0.223 e. The summed E-state index contributed by atoms with van der Waals surface area (Å²) < 4.78 is 10.7. The highest BCUT2D eigenvalue weighted by atomic mass is 16.5. The third-order valence-electron chi connectivity index (χ3n) is 3.49. The molecule has 3 rings (SSSR count). The van der Waals surface area contributed by atoms with Gasteiger partial charge in [0, 0.05) is 12.5 Å². The van der Waals surface area contributed by atoms with Crippen LogP contribution in [0.3, 0.4) is 0 Å². The zero-order chi connectivity index (χ0) is 16.2. The van der Waals surface area contributed by atoms with Crippen LogP contribution in [0.1, 0.15) is 23.1 Å². The summed E-state index contributed by atoms with van der Waals surface area (Å²) in [7, 11) is 0. The highest BCUT2D eigenvalue weighted by molar-refractivity contribution is 5.56. The number of ether oxygens (including phenoxy) is 1. The summed E-state index contributed by atoms with van der Waals surface area (Å²) in [4.78, 5) is 4.19. The Morgan fingerprint density at radius 1 is 1.13 bits per heavy atom. The van der Waals surface area contributed by atoms with Gasteiger partial charge in [-0.15, -0.1) is 0 Å². The molecular weight excluding hydrogens is 292 g/mol. The molecule has 0 fully saturated rings. The minimum Gasteiger partial charge on any atom is -0.491 e. The Bertz CT molecular complexity index is 781. The first-order chi connectivity index (χ1) is 11.1. The molecule has 0 saturated heterocycles. The van der Waals surface area contributed by atoms with Crippen LogP contribution in [0, 0.1) is 13.8 Å². The van der Waals surface area contributed by atoms with Gasteiger partial charge in [-0.2, -0.15) is 4.98 Å². The summed E-state index contributed by atoms with van der Waals surface area (Å²) in [5, 5.41) is 14.1. The molecule has 0 amide bonds. The topological polar surface area (TPSA) is 68.4 Å². The number of nitrogens with zero attached hydrogens (tertiary/aromatic N) is 2. The average molecular weight is 310 g/mol. The van der Waals surface area contributed by atoms with Gasteiger partial charge in [0.2, 0.25) is 11.7 Å². The monoisotopic (exact) mass is 310 g/mol. The van der Waals surface area contributed by atoms with Crippen LogP contribution in [-0.4, -0.2) is 21.9 Å². The van der Waals surface area contributed by atoms with Gasteiger partial charge in [0.05, 0.1) is 0 Å². The maximum absolute atomic E-state index is 10.2. The van der Waals surface area contributed by atoms with Gasteiger partial charge in [-0.05, 0) is 24.6 Å². The van der Waals surface area contributed by atoms with E-state index in [1.54, 1.807) is 6.92 Å². The van der Waals surface area contributed by atoms with Gasteiger partial charge >= 0.3 is 0 Å². The first kappa shape index (κ1) is 15.2. The number of hydrogen-bond acceptors (Lipinski definition) is 5. The Hall–Kier alpha value is -2.66. The van der Waals surface area contributed by atoms with E-state index in [-0.39, 0.29) is 6.61 Å².